The van der Waals surface area contributed by atoms with Crippen LogP contribution in [0.15, 0.2) is 11.6 Å². The highest BCUT2D eigenvalue weighted by molar-refractivity contribution is 5.06. The van der Waals surface area contributed by atoms with Gasteiger partial charge in [-0.25, -0.2) is 0 Å². The summed E-state index contributed by atoms with van der Waals surface area (Å²) in [6.07, 6.45) is 9.02. The molecule has 1 nitrogen and oxygen atoms in total. The Bertz CT molecular complexity index is 157. The van der Waals surface area contributed by atoms with E-state index in [1.54, 1.807) is 5.57 Å². The van der Waals surface area contributed by atoms with Crippen molar-refractivity contribution < 1.29 is 0 Å². The highest BCUT2D eigenvalue weighted by atomic mass is 14.8. The van der Waals surface area contributed by atoms with Crippen molar-refractivity contribution in [2.24, 2.45) is 5.92 Å². The fraction of sp³-hybridized carbons (Fsp3) is 0.833. The van der Waals surface area contributed by atoms with Gasteiger partial charge in [-0.2, -0.15) is 0 Å². The third-order valence-corrected chi connectivity index (χ3v) is 3.05. The van der Waals surface area contributed by atoms with Crippen LogP contribution in [0, 0.1) is 5.92 Å². The number of nitrogens with one attached hydrogen (secondary N) is 1. The molecule has 0 aliphatic carbocycles. The average Bonchev–Trinajstić information content (AvgIpc) is 2.42. The Balaban J connectivity index is 2.36. The molecule has 1 N–H and O–H groups in total. The van der Waals surface area contributed by atoms with E-state index in [4.69, 9.17) is 0 Å². The molecule has 0 saturated carbocycles. The highest BCUT2D eigenvalue weighted by Gasteiger charge is 2.08. The van der Waals surface area contributed by atoms with Gasteiger partial charge in [0.1, 0.15) is 0 Å². The number of hydrogen-bond donors (Lipinski definition) is 1. The van der Waals surface area contributed by atoms with Crippen LogP contribution in [0.2, 0.25) is 0 Å². The van der Waals surface area contributed by atoms with E-state index in [0.717, 1.165) is 12.5 Å². The van der Waals surface area contributed by atoms with E-state index in [-0.39, 0.29) is 0 Å². The normalized spacial score (nSPS) is 18.5. The van der Waals surface area contributed by atoms with E-state index in [0.29, 0.717) is 0 Å². The first-order valence-electron chi connectivity index (χ1n) is 5.75. The summed E-state index contributed by atoms with van der Waals surface area (Å²) in [5, 5.41) is 3.48. The largest absolute Gasteiger partial charge is 0.313 e. The first-order chi connectivity index (χ1) is 6.36. The van der Waals surface area contributed by atoms with E-state index in [2.05, 4.69) is 25.2 Å². The molecule has 0 saturated heterocycles. The Morgan fingerprint density at radius 2 is 2.15 bits per heavy atom. The lowest BCUT2D eigenvalue weighted by Gasteiger charge is -2.14. The maximum Gasteiger partial charge on any atom is 0.0164 e. The zero-order valence-corrected chi connectivity index (χ0v) is 9.10. The maximum absolute atomic E-state index is 3.48. The van der Waals surface area contributed by atoms with E-state index < -0.39 is 0 Å². The lowest BCUT2D eigenvalue weighted by Crippen LogP contribution is -2.17. The van der Waals surface area contributed by atoms with Crippen molar-refractivity contribution in [3.05, 3.63) is 11.6 Å². The average molecular weight is 181 g/mol. The molecule has 0 fully saturated rings. The molecule has 1 rings (SSSR count). The van der Waals surface area contributed by atoms with Crippen LogP contribution in [-0.4, -0.2) is 13.1 Å². The van der Waals surface area contributed by atoms with E-state index in [1.807, 2.05) is 0 Å². The van der Waals surface area contributed by atoms with Gasteiger partial charge < -0.3 is 5.32 Å². The summed E-state index contributed by atoms with van der Waals surface area (Å²) in [5.74, 6) is 0.908. The molecule has 0 aromatic carbocycles. The van der Waals surface area contributed by atoms with Gasteiger partial charge in [-0.15, -0.1) is 0 Å². The highest BCUT2D eigenvalue weighted by Crippen LogP contribution is 2.19. The predicted octanol–water partition coefficient (Wildman–Crippen LogP) is 3.12. The van der Waals surface area contributed by atoms with Gasteiger partial charge in [0, 0.05) is 6.54 Å². The number of allylic oxidation sites excluding steroid dienone is 1. The van der Waals surface area contributed by atoms with Gasteiger partial charge in [0.25, 0.3) is 0 Å². The monoisotopic (exact) mass is 181 g/mol. The first-order valence-corrected chi connectivity index (χ1v) is 5.75. The zero-order valence-electron chi connectivity index (χ0n) is 9.10. The minimum atomic E-state index is 0.908. The molecule has 1 heteroatoms. The minimum absolute atomic E-state index is 0.908. The van der Waals surface area contributed by atoms with Crippen molar-refractivity contribution in [2.75, 3.05) is 13.1 Å². The molecule has 13 heavy (non-hydrogen) atoms. The lowest BCUT2D eigenvalue weighted by molar-refractivity contribution is 0.482. The number of hydrogen-bond acceptors (Lipinski definition) is 1. The molecule has 1 aliphatic rings. The molecular formula is C12H23N. The second-order valence-corrected chi connectivity index (χ2v) is 4.07. The maximum atomic E-state index is 3.48. The van der Waals surface area contributed by atoms with Gasteiger partial charge in [0.15, 0.2) is 0 Å². The summed E-state index contributed by atoms with van der Waals surface area (Å²) in [6, 6.07) is 0. The van der Waals surface area contributed by atoms with Gasteiger partial charge in [0.05, 0.1) is 0 Å². The quantitative estimate of drug-likeness (QED) is 0.657. The third-order valence-electron chi connectivity index (χ3n) is 3.05. The summed E-state index contributed by atoms with van der Waals surface area (Å²) in [4.78, 5) is 0. The summed E-state index contributed by atoms with van der Waals surface area (Å²) >= 11 is 0. The molecule has 0 atom stereocenters. The zero-order chi connectivity index (χ0) is 9.52. The Hall–Kier alpha value is -0.300. The second-order valence-electron chi connectivity index (χ2n) is 4.07. The Morgan fingerprint density at radius 3 is 2.85 bits per heavy atom. The molecule has 0 aromatic rings. The second kappa shape index (κ2) is 6.20. The fourth-order valence-electron chi connectivity index (χ4n) is 1.96. The summed E-state index contributed by atoms with van der Waals surface area (Å²) in [6.45, 7) is 6.94. The van der Waals surface area contributed by atoms with Gasteiger partial charge in [-0.05, 0) is 31.7 Å². The SMILES string of the molecule is CCC(CC)CC1=CCCCNC1. The first kappa shape index (κ1) is 10.8. The van der Waals surface area contributed by atoms with Crippen LogP contribution in [0.5, 0.6) is 0 Å². The molecule has 0 spiro atoms. The van der Waals surface area contributed by atoms with Crippen LogP contribution in [0.25, 0.3) is 0 Å². The van der Waals surface area contributed by atoms with Crippen LogP contribution in [0.1, 0.15) is 46.0 Å². The van der Waals surface area contributed by atoms with Crippen molar-refractivity contribution in [3.8, 4) is 0 Å². The number of rotatable bonds is 4. The Morgan fingerprint density at radius 1 is 1.38 bits per heavy atom. The topological polar surface area (TPSA) is 12.0 Å². The van der Waals surface area contributed by atoms with Gasteiger partial charge in [0.2, 0.25) is 0 Å². The molecule has 76 valence electrons. The van der Waals surface area contributed by atoms with Crippen LogP contribution in [-0.2, 0) is 0 Å². The van der Waals surface area contributed by atoms with Crippen LogP contribution in [0.3, 0.4) is 0 Å². The predicted molar refractivity (Wildman–Crippen MR) is 58.9 cm³/mol. The summed E-state index contributed by atoms with van der Waals surface area (Å²) in [7, 11) is 0. The lowest BCUT2D eigenvalue weighted by atomic mass is 9.94. The van der Waals surface area contributed by atoms with Crippen LogP contribution in [0.4, 0.5) is 0 Å². The standard InChI is InChI=1S/C12H23N/c1-3-11(4-2)9-12-7-5-6-8-13-10-12/h7,11,13H,3-6,8-10H2,1-2H3. The molecular weight excluding hydrogens is 158 g/mol. The van der Waals surface area contributed by atoms with Crippen LogP contribution >= 0.6 is 0 Å². The molecule has 0 bridgehead atoms. The third kappa shape index (κ3) is 3.95. The van der Waals surface area contributed by atoms with Crippen molar-refractivity contribution in [1.29, 1.82) is 0 Å². The summed E-state index contributed by atoms with van der Waals surface area (Å²) in [5.41, 5.74) is 1.64. The van der Waals surface area contributed by atoms with Gasteiger partial charge in [-0.1, -0.05) is 38.3 Å². The minimum Gasteiger partial charge on any atom is -0.313 e. The van der Waals surface area contributed by atoms with Crippen molar-refractivity contribution in [3.63, 3.8) is 0 Å². The molecule has 0 aromatic heterocycles. The summed E-state index contributed by atoms with van der Waals surface area (Å²) < 4.78 is 0. The molecule has 1 aliphatic heterocycles. The van der Waals surface area contributed by atoms with E-state index in [1.165, 1.54) is 38.6 Å². The molecule has 0 radical (unpaired) electrons. The van der Waals surface area contributed by atoms with Crippen LogP contribution < -0.4 is 5.32 Å². The molecule has 0 unspecified atom stereocenters. The van der Waals surface area contributed by atoms with Crippen molar-refractivity contribution in [2.45, 2.75) is 46.0 Å². The Labute approximate surface area is 82.6 Å². The van der Waals surface area contributed by atoms with Gasteiger partial charge >= 0.3 is 0 Å². The van der Waals surface area contributed by atoms with Crippen molar-refractivity contribution in [1.82, 2.24) is 5.32 Å². The van der Waals surface area contributed by atoms with Gasteiger partial charge in [-0.3, -0.25) is 0 Å². The molecule has 1 heterocycles. The molecule has 0 amide bonds. The van der Waals surface area contributed by atoms with E-state index in [9.17, 15) is 0 Å². The fourth-order valence-corrected chi connectivity index (χ4v) is 1.96. The Kier molecular flexibility index (Phi) is 5.14. The smallest absolute Gasteiger partial charge is 0.0164 e. The van der Waals surface area contributed by atoms with E-state index >= 15 is 0 Å². The van der Waals surface area contributed by atoms with Crippen molar-refractivity contribution >= 4 is 0 Å².